The topological polar surface area (TPSA) is 177 Å². The fourth-order valence-corrected chi connectivity index (χ4v) is 5.01. The van der Waals surface area contributed by atoms with Crippen molar-refractivity contribution in [2.75, 3.05) is 52.9 Å². The molecule has 0 spiro atoms. The Morgan fingerprint density at radius 1 is 0.575 bits per heavy atom. The smallest absolute Gasteiger partial charge is 0.163 e. The van der Waals surface area contributed by atoms with Crippen molar-refractivity contribution in [2.24, 2.45) is 17.8 Å². The summed E-state index contributed by atoms with van der Waals surface area (Å²) in [6, 6.07) is 0. The van der Waals surface area contributed by atoms with Gasteiger partial charge in [-0.15, -0.1) is 0 Å². The number of hydrogen-bond acceptors (Lipinski definition) is 12. The summed E-state index contributed by atoms with van der Waals surface area (Å²) in [5, 5.41) is 58.4. The Bertz CT molecular complexity index is 586. The van der Waals surface area contributed by atoms with Gasteiger partial charge in [-0.25, -0.2) is 0 Å². The van der Waals surface area contributed by atoms with E-state index in [2.05, 4.69) is 6.92 Å². The van der Waals surface area contributed by atoms with Crippen molar-refractivity contribution >= 4 is 0 Å². The minimum absolute atomic E-state index is 0.311. The van der Waals surface area contributed by atoms with Crippen molar-refractivity contribution in [3.8, 4) is 0 Å². The van der Waals surface area contributed by atoms with Crippen LogP contribution in [0, 0.1) is 17.8 Å². The summed E-state index contributed by atoms with van der Waals surface area (Å²) >= 11 is 0. The molecular weight excluding hydrogens is 528 g/mol. The minimum atomic E-state index is -1.12. The Morgan fingerprint density at radius 3 is 1.35 bits per heavy atom. The highest BCUT2D eigenvalue weighted by molar-refractivity contribution is 4.87. The van der Waals surface area contributed by atoms with Crippen LogP contribution in [0.2, 0.25) is 0 Å². The Labute approximate surface area is 238 Å². The van der Waals surface area contributed by atoms with E-state index in [1.54, 1.807) is 13.8 Å². The summed E-state index contributed by atoms with van der Waals surface area (Å²) < 4.78 is 33.6. The Hall–Kier alpha value is -0.480. The SMILES string of the molecule is CC(CCCCOCCO[C@@H]1OC(CO)[C@H](O)C(O)[C@@H]1C)CCCCOCCO[C@@H]1OC(CO)[C@H](O)C(O)[C@@H]1C. The van der Waals surface area contributed by atoms with Gasteiger partial charge in [0.05, 0.1) is 51.8 Å². The van der Waals surface area contributed by atoms with Gasteiger partial charge >= 0.3 is 0 Å². The van der Waals surface area contributed by atoms with Gasteiger partial charge in [-0.3, -0.25) is 0 Å². The molecule has 0 aliphatic carbocycles. The van der Waals surface area contributed by atoms with Crippen molar-refractivity contribution in [1.82, 2.24) is 0 Å². The van der Waals surface area contributed by atoms with Gasteiger partial charge in [0.1, 0.15) is 24.4 Å². The van der Waals surface area contributed by atoms with Crippen LogP contribution in [0.3, 0.4) is 0 Å². The molecule has 6 N–H and O–H groups in total. The average Bonchev–Trinajstić information content (AvgIpc) is 2.95. The van der Waals surface area contributed by atoms with Gasteiger partial charge in [-0.1, -0.05) is 46.5 Å². The molecule has 10 atom stereocenters. The second-order valence-electron chi connectivity index (χ2n) is 11.2. The molecule has 2 heterocycles. The monoisotopic (exact) mass is 582 g/mol. The molecule has 0 aromatic rings. The van der Waals surface area contributed by atoms with E-state index < -0.39 is 61.0 Å². The predicted octanol–water partition coefficient (Wildman–Crippen LogP) is 0.180. The van der Waals surface area contributed by atoms with Crippen LogP contribution in [0.25, 0.3) is 0 Å². The first-order chi connectivity index (χ1) is 19.2. The average molecular weight is 583 g/mol. The molecule has 12 nitrogen and oxygen atoms in total. The molecule has 2 aliphatic heterocycles. The van der Waals surface area contributed by atoms with E-state index in [4.69, 9.17) is 28.4 Å². The maximum atomic E-state index is 10.1. The number of rotatable bonds is 20. The van der Waals surface area contributed by atoms with Crippen LogP contribution in [-0.2, 0) is 28.4 Å². The molecule has 2 fully saturated rings. The quantitative estimate of drug-likeness (QED) is 0.108. The minimum Gasteiger partial charge on any atom is -0.394 e. The van der Waals surface area contributed by atoms with E-state index in [0.717, 1.165) is 38.5 Å². The van der Waals surface area contributed by atoms with E-state index in [1.807, 2.05) is 0 Å². The molecule has 2 aliphatic rings. The molecular formula is C28H54O12. The van der Waals surface area contributed by atoms with Crippen LogP contribution in [0.1, 0.15) is 59.3 Å². The third-order valence-corrected chi connectivity index (χ3v) is 7.87. The fraction of sp³-hybridized carbons (Fsp3) is 1.00. The van der Waals surface area contributed by atoms with Crippen LogP contribution < -0.4 is 0 Å². The first kappa shape index (κ1) is 35.7. The predicted molar refractivity (Wildman–Crippen MR) is 144 cm³/mol. The highest BCUT2D eigenvalue weighted by atomic mass is 16.7. The lowest BCUT2D eigenvalue weighted by Gasteiger charge is -2.40. The molecule has 0 bridgehead atoms. The zero-order chi connectivity index (χ0) is 29.5. The molecule has 40 heavy (non-hydrogen) atoms. The maximum Gasteiger partial charge on any atom is 0.163 e. The summed E-state index contributed by atoms with van der Waals surface area (Å²) in [7, 11) is 0. The first-order valence-electron chi connectivity index (χ1n) is 14.8. The van der Waals surface area contributed by atoms with Crippen molar-refractivity contribution in [1.29, 1.82) is 0 Å². The first-order valence-corrected chi connectivity index (χ1v) is 14.8. The van der Waals surface area contributed by atoms with E-state index in [1.165, 1.54) is 0 Å². The molecule has 0 aromatic carbocycles. The van der Waals surface area contributed by atoms with Gasteiger partial charge in [-0.2, -0.15) is 0 Å². The van der Waals surface area contributed by atoms with Crippen LogP contribution in [0.4, 0.5) is 0 Å². The fourth-order valence-electron chi connectivity index (χ4n) is 5.01. The van der Waals surface area contributed by atoms with Gasteiger partial charge in [0.2, 0.25) is 0 Å². The highest BCUT2D eigenvalue weighted by Gasteiger charge is 2.43. The summed E-state index contributed by atoms with van der Waals surface area (Å²) in [6.07, 6.45) is -0.953. The second kappa shape index (κ2) is 19.7. The second-order valence-corrected chi connectivity index (χ2v) is 11.2. The molecule has 2 saturated heterocycles. The normalized spacial score (nSPS) is 35.6. The van der Waals surface area contributed by atoms with Gasteiger partial charge in [0.25, 0.3) is 0 Å². The number of aliphatic hydroxyl groups is 6. The zero-order valence-electron chi connectivity index (χ0n) is 24.4. The Kier molecular flexibility index (Phi) is 17.6. The number of ether oxygens (including phenoxy) is 6. The molecule has 0 aromatic heterocycles. The lowest BCUT2D eigenvalue weighted by Crippen LogP contribution is -2.55. The Morgan fingerprint density at radius 2 is 0.975 bits per heavy atom. The number of unbranched alkanes of at least 4 members (excludes halogenated alkanes) is 2. The van der Waals surface area contributed by atoms with Crippen LogP contribution in [-0.4, -0.2) is 133 Å². The van der Waals surface area contributed by atoms with Crippen LogP contribution in [0.5, 0.6) is 0 Å². The van der Waals surface area contributed by atoms with Crippen LogP contribution >= 0.6 is 0 Å². The van der Waals surface area contributed by atoms with Crippen molar-refractivity contribution in [3.05, 3.63) is 0 Å². The Balaban J connectivity index is 1.38. The lowest BCUT2D eigenvalue weighted by molar-refractivity contribution is -0.284. The summed E-state index contributed by atoms with van der Waals surface area (Å²) in [4.78, 5) is 0. The van der Waals surface area contributed by atoms with Gasteiger partial charge in [-0.05, 0) is 18.8 Å². The van der Waals surface area contributed by atoms with E-state index in [0.29, 0.717) is 45.6 Å². The maximum absolute atomic E-state index is 10.1. The van der Waals surface area contributed by atoms with Gasteiger partial charge in [0.15, 0.2) is 12.6 Å². The molecule has 0 saturated carbocycles. The molecule has 12 heteroatoms. The molecule has 4 unspecified atom stereocenters. The molecule has 238 valence electrons. The van der Waals surface area contributed by atoms with E-state index in [-0.39, 0.29) is 13.2 Å². The molecule has 0 amide bonds. The van der Waals surface area contributed by atoms with E-state index in [9.17, 15) is 30.6 Å². The van der Waals surface area contributed by atoms with Crippen molar-refractivity contribution in [2.45, 2.75) is 108 Å². The van der Waals surface area contributed by atoms with Crippen molar-refractivity contribution in [3.63, 3.8) is 0 Å². The third kappa shape index (κ3) is 11.7. The van der Waals surface area contributed by atoms with E-state index >= 15 is 0 Å². The number of aliphatic hydroxyl groups excluding tert-OH is 6. The summed E-state index contributed by atoms with van der Waals surface area (Å²) in [5.41, 5.74) is 0. The van der Waals surface area contributed by atoms with Crippen LogP contribution in [0.15, 0.2) is 0 Å². The third-order valence-electron chi connectivity index (χ3n) is 7.87. The highest BCUT2D eigenvalue weighted by Crippen LogP contribution is 2.27. The summed E-state index contributed by atoms with van der Waals surface area (Å²) in [5.74, 6) is -0.179. The molecule has 0 radical (unpaired) electrons. The largest absolute Gasteiger partial charge is 0.394 e. The summed E-state index contributed by atoms with van der Waals surface area (Å²) in [6.45, 7) is 7.72. The molecule has 2 rings (SSSR count). The zero-order valence-corrected chi connectivity index (χ0v) is 24.4. The van der Waals surface area contributed by atoms with Gasteiger partial charge < -0.3 is 59.1 Å². The van der Waals surface area contributed by atoms with Gasteiger partial charge in [0, 0.05) is 25.0 Å². The number of hydrogen-bond donors (Lipinski definition) is 6. The van der Waals surface area contributed by atoms with Crippen molar-refractivity contribution < 1.29 is 59.1 Å². The standard InChI is InChI=1S/C28H54O12/c1-18(8-4-6-10-35-12-14-37-27-19(2)23(31)25(33)21(16-29)39-27)9-5-7-11-36-13-15-38-28-20(3)24(32)26(34)22(17-30)40-28/h18-34H,4-17H2,1-3H3/t18?,19-,20-,21?,22?,23?,24?,25-,26-,27+,28+/m0/s1. The lowest BCUT2D eigenvalue weighted by atomic mass is 9.92.